The Balaban J connectivity index is 1.57. The summed E-state index contributed by atoms with van der Waals surface area (Å²) in [5.41, 5.74) is 3.51. The number of amides is 1. The van der Waals surface area contributed by atoms with Crippen LogP contribution in [0.25, 0.3) is 0 Å². The van der Waals surface area contributed by atoms with E-state index in [1.165, 1.54) is 6.92 Å². The van der Waals surface area contributed by atoms with Crippen LogP contribution in [0.5, 0.6) is 0 Å². The minimum Gasteiger partial charge on any atom is -0.356 e. The minimum atomic E-state index is -3.49. The Morgan fingerprint density at radius 1 is 1.26 bits per heavy atom. The highest BCUT2D eigenvalue weighted by Gasteiger charge is 2.25. The number of hydrogen-bond acceptors (Lipinski definition) is 5. The predicted octanol–water partition coefficient (Wildman–Crippen LogP) is 2.57. The average Bonchev–Trinajstić information content (AvgIpc) is 2.69. The van der Waals surface area contributed by atoms with Gasteiger partial charge in [-0.1, -0.05) is 12.1 Å². The molecule has 1 atom stereocenters. The number of carbonyl (C=O) groups excluding carboxylic acids is 2. The van der Waals surface area contributed by atoms with Gasteiger partial charge in [-0.3, -0.25) is 14.3 Å². The van der Waals surface area contributed by atoms with Crippen molar-refractivity contribution in [3.63, 3.8) is 0 Å². The van der Waals surface area contributed by atoms with Crippen LogP contribution in [0.1, 0.15) is 46.2 Å². The number of rotatable bonds is 7. The first-order valence-corrected chi connectivity index (χ1v) is 12.0. The molecule has 166 valence electrons. The molecule has 2 aromatic rings. The topological polar surface area (TPSA) is 105 Å². The maximum atomic E-state index is 14.4. The zero-order valence-electron chi connectivity index (χ0n) is 17.8. The number of aromatic nitrogens is 1. The summed E-state index contributed by atoms with van der Waals surface area (Å²) in [5, 5.41) is 2.87. The number of sulfonamides is 1. The molecule has 0 bridgehead atoms. The lowest BCUT2D eigenvalue weighted by Crippen LogP contribution is -2.35. The van der Waals surface area contributed by atoms with Crippen molar-refractivity contribution >= 4 is 27.4 Å². The van der Waals surface area contributed by atoms with Gasteiger partial charge < -0.3 is 5.32 Å². The molecule has 0 fully saturated rings. The summed E-state index contributed by atoms with van der Waals surface area (Å²) < 4.78 is 39.4. The van der Waals surface area contributed by atoms with Crippen LogP contribution in [0, 0.1) is 18.7 Å². The molecule has 0 saturated heterocycles. The van der Waals surface area contributed by atoms with Gasteiger partial charge in [-0.2, -0.15) is 0 Å². The standard InChI is InChI=1S/C22H26FN3O4S/c1-13-10-15(18(23)12-21(13)26-31(3,29)30)8-9-24-22(28)17-5-7-20-16(11-17)4-6-19(25-20)14(2)27/h4,6,10,12,17,26H,5,7-9,11H2,1-3H3,(H,24,28). The third-order valence-electron chi connectivity index (χ3n) is 5.38. The van der Waals surface area contributed by atoms with Crippen molar-refractivity contribution in [2.75, 3.05) is 17.5 Å². The SMILES string of the molecule is CC(=O)c1ccc2c(n1)CCC(C(=O)NCCc1cc(C)c(NS(C)(=O)=O)cc1F)C2. The van der Waals surface area contributed by atoms with Crippen molar-refractivity contribution in [1.82, 2.24) is 10.3 Å². The van der Waals surface area contributed by atoms with Crippen LogP contribution in [0.4, 0.5) is 10.1 Å². The van der Waals surface area contributed by atoms with Crippen LogP contribution in [0.15, 0.2) is 24.3 Å². The molecule has 0 aliphatic heterocycles. The third-order valence-corrected chi connectivity index (χ3v) is 5.97. The van der Waals surface area contributed by atoms with Crippen molar-refractivity contribution in [2.45, 2.75) is 39.5 Å². The second-order valence-electron chi connectivity index (χ2n) is 7.97. The Bertz CT molecular complexity index is 1130. The van der Waals surface area contributed by atoms with Crippen molar-refractivity contribution in [3.8, 4) is 0 Å². The van der Waals surface area contributed by atoms with Gasteiger partial charge in [0.25, 0.3) is 0 Å². The van der Waals surface area contributed by atoms with E-state index in [4.69, 9.17) is 0 Å². The number of nitrogens with one attached hydrogen (secondary N) is 2. The first-order chi connectivity index (χ1) is 14.5. The maximum Gasteiger partial charge on any atom is 0.229 e. The van der Waals surface area contributed by atoms with Crippen molar-refractivity contribution in [3.05, 3.63) is 58.2 Å². The van der Waals surface area contributed by atoms with Crippen LogP contribution >= 0.6 is 0 Å². The number of Topliss-reactive ketones (excluding diaryl/α,β-unsaturated/α-hetero) is 1. The molecule has 0 spiro atoms. The molecule has 31 heavy (non-hydrogen) atoms. The van der Waals surface area contributed by atoms with Gasteiger partial charge in [-0.25, -0.2) is 17.8 Å². The Morgan fingerprint density at radius 2 is 2.00 bits per heavy atom. The Labute approximate surface area is 181 Å². The number of anilines is 1. The monoisotopic (exact) mass is 447 g/mol. The molecule has 0 radical (unpaired) electrons. The van der Waals surface area contributed by atoms with Crippen molar-refractivity contribution < 1.29 is 22.4 Å². The van der Waals surface area contributed by atoms with Crippen LogP contribution < -0.4 is 10.0 Å². The highest BCUT2D eigenvalue weighted by atomic mass is 32.2. The van der Waals surface area contributed by atoms with E-state index >= 15 is 0 Å². The number of nitrogens with zero attached hydrogens (tertiary/aromatic N) is 1. The van der Waals surface area contributed by atoms with Gasteiger partial charge in [0.2, 0.25) is 15.9 Å². The molecule has 1 aliphatic carbocycles. The van der Waals surface area contributed by atoms with Crippen LogP contribution in [0.3, 0.4) is 0 Å². The quantitative estimate of drug-likeness (QED) is 0.635. The van der Waals surface area contributed by atoms with Gasteiger partial charge in [0, 0.05) is 25.1 Å². The highest BCUT2D eigenvalue weighted by molar-refractivity contribution is 7.92. The molecule has 1 unspecified atom stereocenters. The molecule has 1 aromatic carbocycles. The lowest BCUT2D eigenvalue weighted by atomic mass is 9.85. The summed E-state index contributed by atoms with van der Waals surface area (Å²) in [5.74, 6) is -0.880. The number of aryl methyl sites for hydroxylation is 2. The van der Waals surface area contributed by atoms with Gasteiger partial charge in [0.05, 0.1) is 11.9 Å². The van der Waals surface area contributed by atoms with E-state index in [0.29, 0.717) is 42.5 Å². The van der Waals surface area contributed by atoms with E-state index in [9.17, 15) is 22.4 Å². The zero-order chi connectivity index (χ0) is 22.8. The molecule has 1 amide bonds. The van der Waals surface area contributed by atoms with Gasteiger partial charge in [-0.05, 0) is 61.4 Å². The molecule has 1 heterocycles. The Morgan fingerprint density at radius 3 is 2.68 bits per heavy atom. The fourth-order valence-electron chi connectivity index (χ4n) is 3.74. The normalized spacial score (nSPS) is 15.8. The van der Waals surface area contributed by atoms with Crippen LogP contribution in [-0.2, 0) is 34.1 Å². The van der Waals surface area contributed by atoms with Gasteiger partial charge >= 0.3 is 0 Å². The van der Waals surface area contributed by atoms with E-state index in [0.717, 1.165) is 23.6 Å². The number of halogens is 1. The van der Waals surface area contributed by atoms with Crippen molar-refractivity contribution in [1.29, 1.82) is 0 Å². The zero-order valence-corrected chi connectivity index (χ0v) is 18.6. The molecule has 2 N–H and O–H groups in total. The Hall–Kier alpha value is -2.81. The lowest BCUT2D eigenvalue weighted by Gasteiger charge is -2.23. The fraction of sp³-hybridized carbons (Fsp3) is 0.409. The van der Waals surface area contributed by atoms with Gasteiger partial charge in [-0.15, -0.1) is 0 Å². The van der Waals surface area contributed by atoms with E-state index in [-0.39, 0.29) is 29.8 Å². The van der Waals surface area contributed by atoms with E-state index in [1.807, 2.05) is 6.07 Å². The third kappa shape index (κ3) is 5.88. The summed E-state index contributed by atoms with van der Waals surface area (Å²) in [7, 11) is -3.49. The second-order valence-corrected chi connectivity index (χ2v) is 9.72. The molecule has 0 saturated carbocycles. The molecule has 9 heteroatoms. The van der Waals surface area contributed by atoms with E-state index < -0.39 is 15.8 Å². The number of fused-ring (bicyclic) bond motifs is 1. The van der Waals surface area contributed by atoms with Crippen LogP contribution in [0.2, 0.25) is 0 Å². The molecular formula is C22H26FN3O4S. The van der Waals surface area contributed by atoms with Gasteiger partial charge in [0.15, 0.2) is 5.78 Å². The summed E-state index contributed by atoms with van der Waals surface area (Å²) in [4.78, 5) is 28.4. The minimum absolute atomic E-state index is 0.0785. The fourth-order valence-corrected chi connectivity index (χ4v) is 4.36. The summed E-state index contributed by atoms with van der Waals surface area (Å²) in [6.07, 6.45) is 3.15. The van der Waals surface area contributed by atoms with E-state index in [1.54, 1.807) is 19.1 Å². The molecule has 1 aromatic heterocycles. The summed E-state index contributed by atoms with van der Waals surface area (Å²) >= 11 is 0. The average molecular weight is 448 g/mol. The van der Waals surface area contributed by atoms with Gasteiger partial charge in [0.1, 0.15) is 11.5 Å². The van der Waals surface area contributed by atoms with Crippen LogP contribution in [-0.4, -0.2) is 37.9 Å². The number of benzene rings is 1. The Kier molecular flexibility index (Phi) is 6.74. The van der Waals surface area contributed by atoms with E-state index in [2.05, 4.69) is 15.0 Å². The summed E-state index contributed by atoms with van der Waals surface area (Å²) in [6.45, 7) is 3.45. The second kappa shape index (κ2) is 9.13. The molecule has 1 aliphatic rings. The molecule has 7 nitrogen and oxygen atoms in total. The number of hydrogen-bond donors (Lipinski definition) is 2. The molecular weight excluding hydrogens is 421 g/mol. The number of ketones is 1. The van der Waals surface area contributed by atoms with Crippen molar-refractivity contribution in [2.24, 2.45) is 5.92 Å². The predicted molar refractivity (Wildman–Crippen MR) is 116 cm³/mol. The molecule has 3 rings (SSSR count). The lowest BCUT2D eigenvalue weighted by molar-refractivity contribution is -0.125. The summed E-state index contributed by atoms with van der Waals surface area (Å²) in [6, 6.07) is 6.30. The maximum absolute atomic E-state index is 14.4. The first-order valence-electron chi connectivity index (χ1n) is 10.1. The first kappa shape index (κ1) is 22.9. The number of pyridine rings is 1. The number of carbonyl (C=O) groups is 2. The highest BCUT2D eigenvalue weighted by Crippen LogP contribution is 2.25. The largest absolute Gasteiger partial charge is 0.356 e. The smallest absolute Gasteiger partial charge is 0.229 e.